The Morgan fingerprint density at radius 2 is 1.95 bits per heavy atom. The number of hydrogen-bond acceptors (Lipinski definition) is 5. The van der Waals surface area contributed by atoms with Crippen LogP contribution < -0.4 is 5.73 Å². The number of ether oxygens (including phenoxy) is 1. The Labute approximate surface area is 119 Å². The van der Waals surface area contributed by atoms with E-state index in [1.54, 1.807) is 7.11 Å². The molecule has 0 saturated carbocycles. The van der Waals surface area contributed by atoms with Crippen molar-refractivity contribution in [2.45, 2.75) is 38.7 Å². The van der Waals surface area contributed by atoms with Gasteiger partial charge >= 0.3 is 0 Å². The topological polar surface area (TPSA) is 74.2 Å². The third-order valence-corrected chi connectivity index (χ3v) is 3.67. The van der Waals surface area contributed by atoms with Gasteiger partial charge in [-0.15, -0.1) is 0 Å². The lowest BCUT2D eigenvalue weighted by molar-refractivity contribution is -0.0106. The van der Waals surface area contributed by atoms with E-state index in [0.29, 0.717) is 18.1 Å². The number of benzene rings is 1. The van der Waals surface area contributed by atoms with Crippen LogP contribution in [0.2, 0.25) is 0 Å². The normalized spacial score (nSPS) is 14.2. The van der Waals surface area contributed by atoms with Crippen LogP contribution in [0.4, 0.5) is 5.69 Å². The van der Waals surface area contributed by atoms with Gasteiger partial charge in [0.15, 0.2) is 0 Å². The van der Waals surface area contributed by atoms with Gasteiger partial charge in [-0.1, -0.05) is 24.2 Å². The quantitative estimate of drug-likeness (QED) is 0.820. The van der Waals surface area contributed by atoms with E-state index in [4.69, 9.17) is 15.0 Å². The van der Waals surface area contributed by atoms with Crippen LogP contribution >= 0.6 is 0 Å². The summed E-state index contributed by atoms with van der Waals surface area (Å²) in [5.41, 5.74) is 7.15. The molecule has 0 aliphatic rings. The third-order valence-electron chi connectivity index (χ3n) is 3.67. The van der Waals surface area contributed by atoms with Crippen LogP contribution in [-0.4, -0.2) is 17.3 Å². The molecule has 5 nitrogen and oxygen atoms in total. The predicted octanol–water partition coefficient (Wildman–Crippen LogP) is 2.71. The Kier molecular flexibility index (Phi) is 4.39. The summed E-state index contributed by atoms with van der Waals surface area (Å²) in [5.74, 6) is 1.24. The van der Waals surface area contributed by atoms with Crippen molar-refractivity contribution < 1.29 is 9.26 Å². The summed E-state index contributed by atoms with van der Waals surface area (Å²) in [6.45, 7) is 4.00. The van der Waals surface area contributed by atoms with Crippen molar-refractivity contribution in [2.75, 3.05) is 12.8 Å². The molecule has 1 unspecified atom stereocenters. The number of anilines is 1. The Hall–Kier alpha value is -1.88. The standard InChI is InChI=1S/C15H21N3O2/c1-4-15(2,19-3)14-17-13(20-18-14)10-7-11-5-8-12(16)9-6-11/h5-6,8-9H,4,7,10,16H2,1-3H3. The van der Waals surface area contributed by atoms with Gasteiger partial charge in [0.2, 0.25) is 11.7 Å². The Bertz CT molecular complexity index is 545. The summed E-state index contributed by atoms with van der Waals surface area (Å²) in [4.78, 5) is 4.43. The fourth-order valence-corrected chi connectivity index (χ4v) is 1.90. The average Bonchev–Trinajstić information content (AvgIpc) is 2.95. The van der Waals surface area contributed by atoms with E-state index in [1.807, 2.05) is 38.1 Å². The molecule has 108 valence electrons. The molecule has 0 aliphatic heterocycles. The smallest absolute Gasteiger partial charge is 0.227 e. The maximum absolute atomic E-state index is 5.66. The maximum Gasteiger partial charge on any atom is 0.227 e. The molecule has 1 aromatic heterocycles. The molecule has 0 aliphatic carbocycles. The van der Waals surface area contributed by atoms with Crippen molar-refractivity contribution >= 4 is 5.69 Å². The molecule has 0 radical (unpaired) electrons. The monoisotopic (exact) mass is 275 g/mol. The first-order chi connectivity index (χ1) is 9.57. The molecule has 2 aromatic rings. The summed E-state index contributed by atoms with van der Waals surface area (Å²) >= 11 is 0. The minimum atomic E-state index is -0.483. The first-order valence-electron chi connectivity index (χ1n) is 6.80. The SMILES string of the molecule is CCC(C)(OC)c1noc(CCc2ccc(N)cc2)n1. The highest BCUT2D eigenvalue weighted by atomic mass is 16.5. The molecular weight excluding hydrogens is 254 g/mol. The third kappa shape index (κ3) is 3.17. The van der Waals surface area contributed by atoms with Crippen molar-refractivity contribution in [2.24, 2.45) is 0 Å². The van der Waals surface area contributed by atoms with Gasteiger partial charge < -0.3 is 15.0 Å². The Balaban J connectivity index is 2.01. The van der Waals surface area contributed by atoms with Crippen molar-refractivity contribution in [1.29, 1.82) is 0 Å². The minimum absolute atomic E-state index is 0.483. The maximum atomic E-state index is 5.66. The molecule has 2 rings (SSSR count). The second-order valence-corrected chi connectivity index (χ2v) is 5.04. The number of nitrogens with two attached hydrogens (primary N) is 1. The predicted molar refractivity (Wildman–Crippen MR) is 77.2 cm³/mol. The van der Waals surface area contributed by atoms with Gasteiger partial charge in [-0.2, -0.15) is 4.98 Å². The molecule has 0 bridgehead atoms. The first kappa shape index (κ1) is 14.5. The van der Waals surface area contributed by atoms with Gasteiger partial charge in [0.1, 0.15) is 5.60 Å². The van der Waals surface area contributed by atoms with Crippen LogP contribution in [0, 0.1) is 0 Å². The minimum Gasteiger partial charge on any atom is -0.399 e. The molecule has 5 heteroatoms. The Morgan fingerprint density at radius 3 is 2.55 bits per heavy atom. The largest absolute Gasteiger partial charge is 0.399 e. The second kappa shape index (κ2) is 6.05. The van der Waals surface area contributed by atoms with Gasteiger partial charge in [0.05, 0.1) is 0 Å². The van der Waals surface area contributed by atoms with Crippen LogP contribution in [0.25, 0.3) is 0 Å². The molecule has 1 atom stereocenters. The first-order valence-corrected chi connectivity index (χ1v) is 6.80. The number of aromatic nitrogens is 2. The van der Waals surface area contributed by atoms with Gasteiger partial charge in [0.25, 0.3) is 0 Å². The van der Waals surface area contributed by atoms with Crippen molar-refractivity contribution in [1.82, 2.24) is 10.1 Å². The van der Waals surface area contributed by atoms with Crippen LogP contribution in [-0.2, 0) is 23.2 Å². The van der Waals surface area contributed by atoms with Crippen molar-refractivity contribution in [3.05, 3.63) is 41.5 Å². The molecule has 0 saturated heterocycles. The lowest BCUT2D eigenvalue weighted by Crippen LogP contribution is -2.24. The van der Waals surface area contributed by atoms with E-state index >= 15 is 0 Å². The molecule has 1 aromatic carbocycles. The summed E-state index contributed by atoms with van der Waals surface area (Å²) in [6, 6.07) is 7.82. The number of nitrogen functional groups attached to an aromatic ring is 1. The number of aryl methyl sites for hydroxylation is 2. The van der Waals surface area contributed by atoms with E-state index in [2.05, 4.69) is 10.1 Å². The summed E-state index contributed by atoms with van der Waals surface area (Å²) in [6.07, 6.45) is 2.35. The number of rotatable bonds is 6. The molecule has 20 heavy (non-hydrogen) atoms. The number of methoxy groups -OCH3 is 1. The zero-order chi connectivity index (χ0) is 14.6. The van der Waals surface area contributed by atoms with E-state index in [-0.39, 0.29) is 0 Å². The highest BCUT2D eigenvalue weighted by Crippen LogP contribution is 2.25. The molecule has 1 heterocycles. The van der Waals surface area contributed by atoms with E-state index < -0.39 is 5.60 Å². The molecule has 0 amide bonds. The second-order valence-electron chi connectivity index (χ2n) is 5.04. The highest BCUT2D eigenvalue weighted by Gasteiger charge is 2.29. The van der Waals surface area contributed by atoms with Gasteiger partial charge in [-0.3, -0.25) is 0 Å². The molecule has 0 fully saturated rings. The molecule has 2 N–H and O–H groups in total. The number of nitrogens with zero attached hydrogens (tertiary/aromatic N) is 2. The summed E-state index contributed by atoms with van der Waals surface area (Å²) in [7, 11) is 1.66. The highest BCUT2D eigenvalue weighted by molar-refractivity contribution is 5.39. The molecule has 0 spiro atoms. The van der Waals surface area contributed by atoms with Crippen molar-refractivity contribution in [3.63, 3.8) is 0 Å². The van der Waals surface area contributed by atoms with E-state index in [0.717, 1.165) is 18.5 Å². The van der Waals surface area contributed by atoms with Crippen LogP contribution in [0.5, 0.6) is 0 Å². The van der Waals surface area contributed by atoms with Gasteiger partial charge in [0, 0.05) is 19.2 Å². The van der Waals surface area contributed by atoms with Gasteiger partial charge in [-0.05, 0) is 37.5 Å². The van der Waals surface area contributed by atoms with E-state index in [9.17, 15) is 0 Å². The van der Waals surface area contributed by atoms with Crippen molar-refractivity contribution in [3.8, 4) is 0 Å². The summed E-state index contributed by atoms with van der Waals surface area (Å²) < 4.78 is 10.8. The lowest BCUT2D eigenvalue weighted by atomic mass is 10.0. The fraction of sp³-hybridized carbons (Fsp3) is 0.467. The lowest BCUT2D eigenvalue weighted by Gasteiger charge is -2.21. The zero-order valence-electron chi connectivity index (χ0n) is 12.2. The Morgan fingerprint density at radius 1 is 1.25 bits per heavy atom. The van der Waals surface area contributed by atoms with E-state index in [1.165, 1.54) is 5.56 Å². The summed E-state index contributed by atoms with van der Waals surface area (Å²) in [5, 5.41) is 4.03. The van der Waals surface area contributed by atoms with Crippen LogP contribution in [0.1, 0.15) is 37.5 Å². The van der Waals surface area contributed by atoms with Crippen LogP contribution in [0.3, 0.4) is 0 Å². The fourth-order valence-electron chi connectivity index (χ4n) is 1.90. The zero-order valence-corrected chi connectivity index (χ0v) is 12.2. The van der Waals surface area contributed by atoms with Crippen LogP contribution in [0.15, 0.2) is 28.8 Å². The molecular formula is C15H21N3O2. The average molecular weight is 275 g/mol. The number of hydrogen-bond donors (Lipinski definition) is 1. The van der Waals surface area contributed by atoms with Gasteiger partial charge in [-0.25, -0.2) is 0 Å².